The first-order valence-corrected chi connectivity index (χ1v) is 12.5. The number of ether oxygens (including phenoxy) is 1. The molecule has 2 N–H and O–H groups in total. The van der Waals surface area contributed by atoms with Crippen molar-refractivity contribution in [1.82, 2.24) is 20.1 Å². The quantitative estimate of drug-likeness (QED) is 0.498. The van der Waals surface area contributed by atoms with Gasteiger partial charge in [0.05, 0.1) is 29.6 Å². The van der Waals surface area contributed by atoms with Gasteiger partial charge in [-0.05, 0) is 43.7 Å². The maximum atomic E-state index is 13.2. The van der Waals surface area contributed by atoms with E-state index in [0.29, 0.717) is 67.3 Å². The highest BCUT2D eigenvalue weighted by atomic mass is 16.5. The summed E-state index contributed by atoms with van der Waals surface area (Å²) >= 11 is 0. The van der Waals surface area contributed by atoms with Crippen molar-refractivity contribution >= 4 is 17.4 Å². The maximum Gasteiger partial charge on any atom is 0.269 e. The Labute approximate surface area is 219 Å². The molecule has 2 aliphatic heterocycles. The molecule has 38 heavy (non-hydrogen) atoms. The molecule has 0 spiro atoms. The summed E-state index contributed by atoms with van der Waals surface area (Å²) in [5.41, 5.74) is 2.03. The van der Waals surface area contributed by atoms with Gasteiger partial charge in [0.25, 0.3) is 11.5 Å². The number of piperazine rings is 1. The topological polar surface area (TPSA) is 139 Å². The summed E-state index contributed by atoms with van der Waals surface area (Å²) in [5, 5.41) is 25.6. The first-order valence-electron chi connectivity index (χ1n) is 12.5. The lowest BCUT2D eigenvalue weighted by molar-refractivity contribution is 0.0746. The fourth-order valence-corrected chi connectivity index (χ4v) is 4.96. The summed E-state index contributed by atoms with van der Waals surface area (Å²) in [4.78, 5) is 35.5. The lowest BCUT2D eigenvalue weighted by Crippen LogP contribution is -2.49. The summed E-state index contributed by atoms with van der Waals surface area (Å²) in [5.74, 6) is 1.30. The van der Waals surface area contributed by atoms with Crippen LogP contribution in [0.1, 0.15) is 27.9 Å². The fourth-order valence-electron chi connectivity index (χ4n) is 4.96. The summed E-state index contributed by atoms with van der Waals surface area (Å²) < 4.78 is 6.06. The van der Waals surface area contributed by atoms with Gasteiger partial charge in [-0.25, -0.2) is 10.1 Å². The highest BCUT2D eigenvalue weighted by Gasteiger charge is 2.33. The molecule has 2 saturated heterocycles. The molecule has 1 aromatic carbocycles. The van der Waals surface area contributed by atoms with Crippen molar-refractivity contribution in [3.63, 3.8) is 0 Å². The summed E-state index contributed by atoms with van der Waals surface area (Å²) in [7, 11) is 0. The third-order valence-corrected chi connectivity index (χ3v) is 7.07. The van der Waals surface area contributed by atoms with Crippen LogP contribution in [0.15, 0.2) is 53.6 Å². The van der Waals surface area contributed by atoms with Crippen LogP contribution in [0.2, 0.25) is 0 Å². The predicted octanol–water partition coefficient (Wildman–Crippen LogP) is 1.33. The summed E-state index contributed by atoms with van der Waals surface area (Å²) in [6.07, 6.45) is 3.12. The number of carbonyl (C=O) groups is 1. The van der Waals surface area contributed by atoms with Gasteiger partial charge >= 0.3 is 0 Å². The molecule has 0 saturated carbocycles. The van der Waals surface area contributed by atoms with Gasteiger partial charge in [-0.3, -0.25) is 9.59 Å². The number of nitrogens with one attached hydrogen (secondary N) is 1. The molecular weight excluding hydrogens is 486 g/mol. The van der Waals surface area contributed by atoms with Crippen LogP contribution >= 0.6 is 0 Å². The van der Waals surface area contributed by atoms with Crippen molar-refractivity contribution in [3.05, 3.63) is 75.8 Å². The molecule has 0 aliphatic carbocycles. The molecule has 1 amide bonds. The number of anilines is 2. The number of carbonyl (C=O) groups excluding carboxylic acids is 1. The van der Waals surface area contributed by atoms with E-state index in [-0.39, 0.29) is 24.1 Å². The van der Waals surface area contributed by atoms with Crippen molar-refractivity contribution in [2.45, 2.75) is 25.5 Å². The minimum Gasteiger partial charge on any atom is -0.491 e. The van der Waals surface area contributed by atoms with E-state index in [1.54, 1.807) is 49.6 Å². The Morgan fingerprint density at radius 2 is 2.03 bits per heavy atom. The van der Waals surface area contributed by atoms with Crippen molar-refractivity contribution < 1.29 is 14.6 Å². The number of nitrogens with zero attached hydrogens (tertiary/aromatic N) is 6. The Balaban J connectivity index is 1.20. The Morgan fingerprint density at radius 3 is 2.76 bits per heavy atom. The lowest BCUT2D eigenvalue weighted by Gasteiger charge is -2.35. The highest BCUT2D eigenvalue weighted by Crippen LogP contribution is 2.27. The number of H-pyrrole nitrogens is 1. The zero-order valence-electron chi connectivity index (χ0n) is 21.1. The molecule has 5 rings (SSSR count). The van der Waals surface area contributed by atoms with Gasteiger partial charge in [-0.1, -0.05) is 6.07 Å². The largest absolute Gasteiger partial charge is 0.491 e. The number of amides is 1. The van der Waals surface area contributed by atoms with Crippen molar-refractivity contribution in [3.8, 4) is 11.8 Å². The zero-order chi connectivity index (χ0) is 26.6. The zero-order valence-corrected chi connectivity index (χ0v) is 21.1. The number of aromatic nitrogens is 3. The molecule has 2 fully saturated rings. The Hall–Kier alpha value is -4.43. The molecule has 2 atom stereocenters. The highest BCUT2D eigenvalue weighted by molar-refractivity contribution is 5.94. The average molecular weight is 516 g/mol. The minimum absolute atomic E-state index is 0.0639. The number of aliphatic hydroxyl groups excluding tert-OH is 1. The molecule has 2 aromatic heterocycles. The van der Waals surface area contributed by atoms with Crippen molar-refractivity contribution in [1.29, 1.82) is 5.26 Å². The third-order valence-electron chi connectivity index (χ3n) is 7.07. The molecule has 4 heterocycles. The van der Waals surface area contributed by atoms with Crippen LogP contribution in [0.4, 0.5) is 11.5 Å². The molecule has 11 nitrogen and oxygen atoms in total. The number of rotatable bonds is 6. The van der Waals surface area contributed by atoms with E-state index in [1.165, 1.54) is 0 Å². The van der Waals surface area contributed by atoms with Crippen LogP contribution in [-0.4, -0.2) is 82.6 Å². The van der Waals surface area contributed by atoms with Crippen LogP contribution in [-0.2, 0) is 0 Å². The van der Waals surface area contributed by atoms with Gasteiger partial charge in [0.1, 0.15) is 24.2 Å². The van der Waals surface area contributed by atoms with E-state index in [1.807, 2.05) is 15.9 Å². The SMILES string of the molecule is Cc1c(N2C[C@H](O)C[C@H]2COc2cccc(C(=O)N3CCN(c4ccc(C#N)cn4)CC3)c2)cn[nH]c1=O. The van der Waals surface area contributed by atoms with E-state index in [0.717, 1.165) is 5.82 Å². The molecule has 0 unspecified atom stereocenters. The molecule has 0 radical (unpaired) electrons. The Bertz CT molecular complexity index is 1390. The van der Waals surface area contributed by atoms with Crippen LogP contribution in [0.5, 0.6) is 5.75 Å². The first kappa shape index (κ1) is 25.2. The van der Waals surface area contributed by atoms with Crippen LogP contribution in [0.25, 0.3) is 0 Å². The second-order valence-corrected chi connectivity index (χ2v) is 9.54. The fraction of sp³-hybridized carbons (Fsp3) is 0.370. The Kier molecular flexibility index (Phi) is 7.24. The van der Waals surface area contributed by atoms with Crippen LogP contribution in [0, 0.1) is 18.3 Å². The Morgan fingerprint density at radius 1 is 1.21 bits per heavy atom. The first-order chi connectivity index (χ1) is 18.4. The monoisotopic (exact) mass is 515 g/mol. The van der Waals surface area contributed by atoms with Gasteiger partial charge in [0.2, 0.25) is 0 Å². The molecule has 0 bridgehead atoms. The van der Waals surface area contributed by atoms with E-state index in [9.17, 15) is 14.7 Å². The normalized spacial score (nSPS) is 19.3. The third kappa shape index (κ3) is 5.31. The molecule has 3 aromatic rings. The van der Waals surface area contributed by atoms with Crippen molar-refractivity contribution in [2.75, 3.05) is 49.1 Å². The maximum absolute atomic E-state index is 13.2. The second-order valence-electron chi connectivity index (χ2n) is 9.54. The smallest absolute Gasteiger partial charge is 0.269 e. The van der Waals surface area contributed by atoms with Crippen LogP contribution < -0.4 is 20.1 Å². The molecule has 11 heteroatoms. The number of β-amino-alcohol motifs (C(OH)–C–C–N with tert-alkyl or cyclic N) is 1. The van der Waals surface area contributed by atoms with E-state index >= 15 is 0 Å². The number of nitriles is 1. The van der Waals surface area contributed by atoms with E-state index in [2.05, 4.69) is 26.2 Å². The van der Waals surface area contributed by atoms with E-state index in [4.69, 9.17) is 10.00 Å². The molecular formula is C27H29N7O4. The predicted molar refractivity (Wildman–Crippen MR) is 140 cm³/mol. The van der Waals surface area contributed by atoms with E-state index < -0.39 is 6.10 Å². The van der Waals surface area contributed by atoms with Gasteiger partial charge in [-0.15, -0.1) is 0 Å². The summed E-state index contributed by atoms with van der Waals surface area (Å²) in [6.45, 7) is 4.83. The minimum atomic E-state index is -0.534. The number of aromatic amines is 1. The number of hydrogen-bond acceptors (Lipinski definition) is 9. The van der Waals surface area contributed by atoms with Gasteiger partial charge in [0, 0.05) is 50.0 Å². The molecule has 196 valence electrons. The second kappa shape index (κ2) is 10.9. The molecule has 2 aliphatic rings. The van der Waals surface area contributed by atoms with Crippen molar-refractivity contribution in [2.24, 2.45) is 0 Å². The number of hydrogen-bond donors (Lipinski definition) is 2. The summed E-state index contributed by atoms with van der Waals surface area (Å²) in [6, 6.07) is 12.6. The van der Waals surface area contributed by atoms with Crippen LogP contribution in [0.3, 0.4) is 0 Å². The number of pyridine rings is 1. The van der Waals surface area contributed by atoms with Gasteiger partial charge in [0.15, 0.2) is 0 Å². The lowest BCUT2D eigenvalue weighted by atomic mass is 10.1. The number of aliphatic hydroxyl groups is 1. The van der Waals surface area contributed by atoms with Gasteiger partial charge in [-0.2, -0.15) is 10.4 Å². The number of benzene rings is 1. The average Bonchev–Trinajstić information content (AvgIpc) is 3.33. The van der Waals surface area contributed by atoms with Gasteiger partial charge < -0.3 is 24.5 Å². The standard InChI is InChI=1S/C27H29N7O4/c1-18-24(15-30-31-26(18)36)34-16-22(35)12-21(34)17-38-23-4-2-3-20(11-23)27(37)33-9-7-32(8-10-33)25-6-5-19(13-28)14-29-25/h2-6,11,14-15,21-22,35H,7-10,12,16-17H2,1H3,(H,31,36)/t21-,22+/m0/s1.